The summed E-state index contributed by atoms with van der Waals surface area (Å²) in [6, 6.07) is 6.08. The normalized spacial score (nSPS) is 27.8. The maximum atomic E-state index is 12.9. The fourth-order valence-electron chi connectivity index (χ4n) is 4.32. The molecule has 6 heteroatoms. The number of hydrogen-bond donors (Lipinski definition) is 2. The third kappa shape index (κ3) is 3.01. The number of carbonyl (C=O) groups excluding carboxylic acids is 2. The number of rotatable bonds is 4. The van der Waals surface area contributed by atoms with Gasteiger partial charge in [-0.05, 0) is 55.7 Å². The Bertz CT molecular complexity index is 728. The lowest BCUT2D eigenvalue weighted by Gasteiger charge is -2.24. The number of anilines is 1. The van der Waals surface area contributed by atoms with Crippen molar-refractivity contribution in [3.8, 4) is 0 Å². The average molecular weight is 342 g/mol. The van der Waals surface area contributed by atoms with Crippen molar-refractivity contribution >= 4 is 23.5 Å². The molecule has 25 heavy (non-hydrogen) atoms. The molecular formula is C19H22N2O4. The Kier molecular flexibility index (Phi) is 3.98. The van der Waals surface area contributed by atoms with Gasteiger partial charge in [-0.15, -0.1) is 0 Å². The Balaban J connectivity index is 1.53. The molecule has 1 aromatic rings. The van der Waals surface area contributed by atoms with Crippen molar-refractivity contribution in [3.05, 3.63) is 29.8 Å². The molecule has 6 nitrogen and oxygen atoms in total. The largest absolute Gasteiger partial charge is 0.480 e. The number of carboxylic acid groups (broad SMARTS) is 1. The van der Waals surface area contributed by atoms with Gasteiger partial charge in [0.05, 0.1) is 0 Å². The van der Waals surface area contributed by atoms with Gasteiger partial charge in [-0.3, -0.25) is 9.59 Å². The molecule has 2 saturated carbocycles. The summed E-state index contributed by atoms with van der Waals surface area (Å²) >= 11 is 0. The number of likely N-dealkylation sites (tertiary alicyclic amines) is 1. The van der Waals surface area contributed by atoms with Crippen molar-refractivity contribution in [2.45, 2.75) is 38.1 Å². The van der Waals surface area contributed by atoms with Crippen LogP contribution >= 0.6 is 0 Å². The lowest BCUT2D eigenvalue weighted by atomic mass is 9.94. The first-order chi connectivity index (χ1) is 12.0. The summed E-state index contributed by atoms with van der Waals surface area (Å²) in [5.41, 5.74) is 1.02. The molecule has 4 rings (SSSR count). The van der Waals surface area contributed by atoms with E-state index in [9.17, 15) is 19.5 Å². The Hall–Kier alpha value is -2.37. The van der Waals surface area contributed by atoms with Crippen LogP contribution in [-0.2, 0) is 9.59 Å². The van der Waals surface area contributed by atoms with Crippen LogP contribution in [0.5, 0.6) is 0 Å². The van der Waals surface area contributed by atoms with Crippen molar-refractivity contribution < 1.29 is 19.5 Å². The van der Waals surface area contributed by atoms with Gasteiger partial charge in [0.2, 0.25) is 5.91 Å². The maximum Gasteiger partial charge on any atom is 0.326 e. The third-order valence-electron chi connectivity index (χ3n) is 5.73. The highest BCUT2D eigenvalue weighted by Gasteiger charge is 2.49. The van der Waals surface area contributed by atoms with Gasteiger partial charge in [-0.25, -0.2) is 4.79 Å². The van der Waals surface area contributed by atoms with Crippen LogP contribution in [0, 0.1) is 17.8 Å². The molecule has 0 spiro atoms. The van der Waals surface area contributed by atoms with Crippen LogP contribution in [0.3, 0.4) is 0 Å². The summed E-state index contributed by atoms with van der Waals surface area (Å²) in [7, 11) is 0. The standard InChI is InChI=1S/C19H22N2O4/c22-17(11-7-8-11)20-14-5-1-3-12(9-14)18(23)21-10-13-4-2-6-15(13)16(21)19(24)25/h1,3,5,9,11,13,15-16H,2,4,6-8,10H2,(H,20,22)(H,24,25). The van der Waals surface area contributed by atoms with Crippen LogP contribution in [-0.4, -0.2) is 40.4 Å². The van der Waals surface area contributed by atoms with Crippen molar-refractivity contribution in [3.63, 3.8) is 0 Å². The minimum atomic E-state index is -0.916. The molecule has 0 radical (unpaired) electrons. The molecule has 0 bridgehead atoms. The van der Waals surface area contributed by atoms with Gasteiger partial charge in [0.15, 0.2) is 0 Å². The van der Waals surface area contributed by atoms with Gasteiger partial charge >= 0.3 is 5.97 Å². The molecule has 132 valence electrons. The molecule has 1 heterocycles. The zero-order chi connectivity index (χ0) is 17.6. The summed E-state index contributed by atoms with van der Waals surface area (Å²) in [4.78, 5) is 38.1. The van der Waals surface area contributed by atoms with Gasteiger partial charge < -0.3 is 15.3 Å². The number of nitrogens with zero attached hydrogens (tertiary/aromatic N) is 1. The van der Waals surface area contributed by atoms with E-state index in [1.165, 1.54) is 4.90 Å². The van der Waals surface area contributed by atoms with Gasteiger partial charge in [0.1, 0.15) is 6.04 Å². The predicted octanol–water partition coefficient (Wildman–Crippen LogP) is 2.36. The molecular weight excluding hydrogens is 320 g/mol. The van der Waals surface area contributed by atoms with E-state index in [4.69, 9.17) is 0 Å². The summed E-state index contributed by atoms with van der Waals surface area (Å²) < 4.78 is 0. The Morgan fingerprint density at radius 2 is 1.92 bits per heavy atom. The molecule has 1 aromatic carbocycles. The highest BCUT2D eigenvalue weighted by Crippen LogP contribution is 2.42. The van der Waals surface area contributed by atoms with Crippen molar-refractivity contribution in [1.29, 1.82) is 0 Å². The first-order valence-electron chi connectivity index (χ1n) is 8.99. The quantitative estimate of drug-likeness (QED) is 0.879. The zero-order valence-electron chi connectivity index (χ0n) is 14.0. The summed E-state index contributed by atoms with van der Waals surface area (Å²) in [6.45, 7) is 0.513. The number of amides is 2. The Morgan fingerprint density at radius 1 is 1.12 bits per heavy atom. The van der Waals surface area contributed by atoms with Gasteiger partial charge in [0.25, 0.3) is 5.91 Å². The second-order valence-electron chi connectivity index (χ2n) is 7.44. The minimum Gasteiger partial charge on any atom is -0.480 e. The van der Waals surface area contributed by atoms with Crippen LogP contribution in [0.15, 0.2) is 24.3 Å². The maximum absolute atomic E-state index is 12.9. The van der Waals surface area contributed by atoms with Gasteiger partial charge in [0, 0.05) is 23.7 Å². The van der Waals surface area contributed by atoms with Crippen LogP contribution < -0.4 is 5.32 Å². The van der Waals surface area contributed by atoms with Crippen LogP contribution in [0.2, 0.25) is 0 Å². The van der Waals surface area contributed by atoms with Crippen LogP contribution in [0.25, 0.3) is 0 Å². The third-order valence-corrected chi connectivity index (χ3v) is 5.73. The van der Waals surface area contributed by atoms with Gasteiger partial charge in [-0.1, -0.05) is 12.5 Å². The van der Waals surface area contributed by atoms with Crippen molar-refractivity contribution in [2.75, 3.05) is 11.9 Å². The Morgan fingerprint density at radius 3 is 2.64 bits per heavy atom. The number of benzene rings is 1. The lowest BCUT2D eigenvalue weighted by molar-refractivity contribution is -0.142. The second-order valence-corrected chi connectivity index (χ2v) is 7.44. The highest BCUT2D eigenvalue weighted by atomic mass is 16.4. The average Bonchev–Trinajstić information content (AvgIpc) is 3.23. The van der Waals surface area contributed by atoms with E-state index in [1.54, 1.807) is 24.3 Å². The molecule has 3 aliphatic rings. The first kappa shape index (κ1) is 16.1. The number of nitrogens with one attached hydrogen (secondary N) is 1. The lowest BCUT2D eigenvalue weighted by Crippen LogP contribution is -2.43. The molecule has 0 aromatic heterocycles. The monoisotopic (exact) mass is 342 g/mol. The Labute approximate surface area is 146 Å². The van der Waals surface area contributed by atoms with Crippen molar-refractivity contribution in [2.24, 2.45) is 17.8 Å². The SMILES string of the molecule is O=C(Nc1cccc(C(=O)N2CC3CCCC3C2C(=O)O)c1)C1CC1. The fourth-order valence-corrected chi connectivity index (χ4v) is 4.32. The van der Waals surface area contributed by atoms with Gasteiger partial charge in [-0.2, -0.15) is 0 Å². The topological polar surface area (TPSA) is 86.7 Å². The molecule has 2 amide bonds. The minimum absolute atomic E-state index is 0.0104. The van der Waals surface area contributed by atoms with E-state index in [2.05, 4.69) is 5.32 Å². The highest BCUT2D eigenvalue weighted by molar-refractivity contribution is 5.99. The summed E-state index contributed by atoms with van der Waals surface area (Å²) in [6.07, 6.45) is 4.75. The van der Waals surface area contributed by atoms with E-state index in [0.29, 0.717) is 23.7 Å². The number of hydrogen-bond acceptors (Lipinski definition) is 3. The van der Waals surface area contributed by atoms with Crippen LogP contribution in [0.4, 0.5) is 5.69 Å². The molecule has 2 N–H and O–H groups in total. The number of fused-ring (bicyclic) bond motifs is 1. The molecule has 3 atom stereocenters. The smallest absolute Gasteiger partial charge is 0.326 e. The molecule has 1 aliphatic heterocycles. The molecule has 3 fully saturated rings. The van der Waals surface area contributed by atoms with E-state index >= 15 is 0 Å². The number of carboxylic acids is 1. The van der Waals surface area contributed by atoms with E-state index < -0.39 is 12.0 Å². The summed E-state index contributed by atoms with van der Waals surface area (Å²) in [5.74, 6) is -0.732. The molecule has 3 unspecified atom stereocenters. The second kappa shape index (κ2) is 6.17. The number of aliphatic carboxylic acids is 1. The van der Waals surface area contributed by atoms with Crippen molar-refractivity contribution in [1.82, 2.24) is 4.90 Å². The zero-order valence-corrected chi connectivity index (χ0v) is 14.0. The molecule has 1 saturated heterocycles. The van der Waals surface area contributed by atoms with Crippen LogP contribution in [0.1, 0.15) is 42.5 Å². The van der Waals surface area contributed by atoms with E-state index in [1.807, 2.05) is 0 Å². The summed E-state index contributed by atoms with van der Waals surface area (Å²) in [5, 5.41) is 12.5. The molecule has 2 aliphatic carbocycles. The first-order valence-corrected chi connectivity index (χ1v) is 8.99. The predicted molar refractivity (Wildman–Crippen MR) is 91.1 cm³/mol. The fraction of sp³-hybridized carbons (Fsp3) is 0.526. The number of carbonyl (C=O) groups is 3. The van der Waals surface area contributed by atoms with E-state index in [-0.39, 0.29) is 23.7 Å². The van der Waals surface area contributed by atoms with E-state index in [0.717, 1.165) is 32.1 Å².